The van der Waals surface area contributed by atoms with Crippen molar-refractivity contribution in [3.05, 3.63) is 34.9 Å². The predicted octanol–water partition coefficient (Wildman–Crippen LogP) is 6.72. The first-order chi connectivity index (χ1) is 13.6. The molecule has 1 saturated carbocycles. The SMILES string of the molecule is CCCC1CCN(C2CCC(c3ccc(Cl)cc3)(N(CCC)CCC)CC2)C1. The molecule has 1 aromatic carbocycles. The Balaban J connectivity index is 1.75. The second kappa shape index (κ2) is 10.5. The maximum Gasteiger partial charge on any atom is 0.0461 e. The van der Waals surface area contributed by atoms with E-state index in [-0.39, 0.29) is 5.54 Å². The van der Waals surface area contributed by atoms with E-state index in [0.717, 1.165) is 17.0 Å². The van der Waals surface area contributed by atoms with Crippen molar-refractivity contribution >= 4 is 11.6 Å². The number of nitrogens with zero attached hydrogens (tertiary/aromatic N) is 2. The third-order valence-electron chi connectivity index (χ3n) is 7.29. The molecule has 3 rings (SSSR count). The van der Waals surface area contributed by atoms with Crippen molar-refractivity contribution in [2.45, 2.75) is 90.1 Å². The Morgan fingerprint density at radius 2 is 1.61 bits per heavy atom. The van der Waals surface area contributed by atoms with E-state index in [1.54, 1.807) is 0 Å². The van der Waals surface area contributed by atoms with Crippen LogP contribution in [0.2, 0.25) is 5.02 Å². The van der Waals surface area contributed by atoms with Gasteiger partial charge in [-0.1, -0.05) is 50.9 Å². The molecule has 158 valence electrons. The highest BCUT2D eigenvalue weighted by Crippen LogP contribution is 2.44. The van der Waals surface area contributed by atoms with Crippen LogP contribution in [0.25, 0.3) is 0 Å². The number of rotatable bonds is 9. The van der Waals surface area contributed by atoms with Gasteiger partial charge in [-0.3, -0.25) is 4.90 Å². The largest absolute Gasteiger partial charge is 0.300 e. The van der Waals surface area contributed by atoms with Crippen molar-refractivity contribution in [2.24, 2.45) is 5.92 Å². The third kappa shape index (κ3) is 4.94. The average molecular weight is 405 g/mol. The van der Waals surface area contributed by atoms with Crippen LogP contribution in [0.1, 0.15) is 84.1 Å². The fourth-order valence-electron chi connectivity index (χ4n) is 5.91. The zero-order valence-electron chi connectivity index (χ0n) is 18.4. The van der Waals surface area contributed by atoms with Gasteiger partial charge in [0.05, 0.1) is 0 Å². The minimum Gasteiger partial charge on any atom is -0.300 e. The van der Waals surface area contributed by atoms with Gasteiger partial charge < -0.3 is 4.90 Å². The van der Waals surface area contributed by atoms with Gasteiger partial charge in [0.25, 0.3) is 0 Å². The molecule has 1 atom stereocenters. The molecule has 1 unspecified atom stereocenters. The van der Waals surface area contributed by atoms with E-state index in [1.807, 2.05) is 0 Å². The molecule has 0 radical (unpaired) electrons. The van der Waals surface area contributed by atoms with Gasteiger partial charge in [0, 0.05) is 23.1 Å². The number of hydrogen-bond acceptors (Lipinski definition) is 2. The van der Waals surface area contributed by atoms with Crippen molar-refractivity contribution in [1.82, 2.24) is 9.80 Å². The fourth-order valence-corrected chi connectivity index (χ4v) is 6.04. The molecule has 1 saturated heterocycles. The molecule has 0 bridgehead atoms. The van der Waals surface area contributed by atoms with Crippen molar-refractivity contribution in [2.75, 3.05) is 26.2 Å². The Labute approximate surface area is 178 Å². The van der Waals surface area contributed by atoms with E-state index < -0.39 is 0 Å². The first-order valence-corrected chi connectivity index (χ1v) is 12.3. The molecule has 0 spiro atoms. The Bertz CT molecular complexity index is 571. The summed E-state index contributed by atoms with van der Waals surface area (Å²) in [6, 6.07) is 9.59. The van der Waals surface area contributed by atoms with E-state index >= 15 is 0 Å². The van der Waals surface area contributed by atoms with Gasteiger partial charge in [-0.15, -0.1) is 0 Å². The van der Waals surface area contributed by atoms with Crippen LogP contribution in [0.5, 0.6) is 0 Å². The Kier molecular flexibility index (Phi) is 8.26. The van der Waals surface area contributed by atoms with Gasteiger partial charge in [-0.25, -0.2) is 0 Å². The topological polar surface area (TPSA) is 6.48 Å². The number of hydrogen-bond donors (Lipinski definition) is 0. The lowest BCUT2D eigenvalue weighted by Crippen LogP contribution is -2.51. The maximum atomic E-state index is 6.23. The van der Waals surface area contributed by atoms with E-state index in [2.05, 4.69) is 54.8 Å². The minimum absolute atomic E-state index is 0.204. The fraction of sp³-hybridized carbons (Fsp3) is 0.760. The molecule has 0 N–H and O–H groups in total. The lowest BCUT2D eigenvalue weighted by atomic mass is 9.73. The van der Waals surface area contributed by atoms with Gasteiger partial charge in [0.2, 0.25) is 0 Å². The molecule has 2 fully saturated rings. The summed E-state index contributed by atoms with van der Waals surface area (Å²) < 4.78 is 0. The van der Waals surface area contributed by atoms with Crippen LogP contribution in [-0.2, 0) is 5.54 Å². The van der Waals surface area contributed by atoms with Crippen LogP contribution in [0.3, 0.4) is 0 Å². The maximum absolute atomic E-state index is 6.23. The van der Waals surface area contributed by atoms with Crippen molar-refractivity contribution < 1.29 is 0 Å². The predicted molar refractivity (Wildman–Crippen MR) is 122 cm³/mol. The van der Waals surface area contributed by atoms with Crippen molar-refractivity contribution in [3.8, 4) is 0 Å². The second-order valence-corrected chi connectivity index (χ2v) is 9.63. The molecule has 2 aliphatic rings. The standard InChI is InChI=1S/C25H41ClN2/c1-4-7-21-14-19-27(20-21)24-12-15-25(16-13-24,28(17-5-2)18-6-3)22-8-10-23(26)11-9-22/h8-11,21,24H,4-7,12-20H2,1-3H3. The smallest absolute Gasteiger partial charge is 0.0461 e. The highest BCUT2D eigenvalue weighted by atomic mass is 35.5. The summed E-state index contributed by atoms with van der Waals surface area (Å²) in [7, 11) is 0. The van der Waals surface area contributed by atoms with Crippen LogP contribution in [-0.4, -0.2) is 42.0 Å². The lowest BCUT2D eigenvalue weighted by Gasteiger charge is -2.50. The Morgan fingerprint density at radius 3 is 2.18 bits per heavy atom. The Morgan fingerprint density at radius 1 is 0.964 bits per heavy atom. The van der Waals surface area contributed by atoms with Gasteiger partial charge in [-0.05, 0) is 94.6 Å². The summed E-state index contributed by atoms with van der Waals surface area (Å²) in [5, 5.41) is 0.851. The average Bonchev–Trinajstić information content (AvgIpc) is 3.17. The summed E-state index contributed by atoms with van der Waals surface area (Å²) in [4.78, 5) is 5.63. The van der Waals surface area contributed by atoms with E-state index in [1.165, 1.54) is 89.5 Å². The summed E-state index contributed by atoms with van der Waals surface area (Å²) in [5.41, 5.74) is 1.69. The second-order valence-electron chi connectivity index (χ2n) is 9.20. The lowest BCUT2D eigenvalue weighted by molar-refractivity contribution is 0.0193. The van der Waals surface area contributed by atoms with Crippen molar-refractivity contribution in [1.29, 1.82) is 0 Å². The third-order valence-corrected chi connectivity index (χ3v) is 7.54. The summed E-state index contributed by atoms with van der Waals surface area (Å²) in [5.74, 6) is 0.949. The number of likely N-dealkylation sites (tertiary alicyclic amines) is 1. The molecule has 1 aliphatic heterocycles. The van der Waals surface area contributed by atoms with Crippen LogP contribution in [0.4, 0.5) is 0 Å². The molecule has 1 aromatic rings. The van der Waals surface area contributed by atoms with Crippen LogP contribution in [0.15, 0.2) is 24.3 Å². The molecular formula is C25H41ClN2. The van der Waals surface area contributed by atoms with E-state index in [0.29, 0.717) is 0 Å². The molecule has 0 aromatic heterocycles. The molecular weight excluding hydrogens is 364 g/mol. The summed E-state index contributed by atoms with van der Waals surface area (Å²) >= 11 is 6.23. The molecule has 28 heavy (non-hydrogen) atoms. The molecule has 1 heterocycles. The van der Waals surface area contributed by atoms with Gasteiger partial charge in [0.1, 0.15) is 0 Å². The summed E-state index contributed by atoms with van der Waals surface area (Å²) in [6.07, 6.45) is 11.9. The first-order valence-electron chi connectivity index (χ1n) is 11.9. The zero-order valence-corrected chi connectivity index (χ0v) is 19.2. The van der Waals surface area contributed by atoms with Gasteiger partial charge in [0.15, 0.2) is 0 Å². The van der Waals surface area contributed by atoms with Gasteiger partial charge >= 0.3 is 0 Å². The van der Waals surface area contributed by atoms with E-state index in [4.69, 9.17) is 11.6 Å². The highest BCUT2D eigenvalue weighted by molar-refractivity contribution is 6.30. The van der Waals surface area contributed by atoms with Crippen LogP contribution >= 0.6 is 11.6 Å². The molecule has 0 amide bonds. The molecule has 2 nitrogen and oxygen atoms in total. The number of benzene rings is 1. The molecule has 3 heteroatoms. The first kappa shape index (κ1) is 22.1. The van der Waals surface area contributed by atoms with Crippen LogP contribution in [0, 0.1) is 5.92 Å². The monoisotopic (exact) mass is 404 g/mol. The van der Waals surface area contributed by atoms with Gasteiger partial charge in [-0.2, -0.15) is 0 Å². The zero-order chi connectivity index (χ0) is 20.0. The van der Waals surface area contributed by atoms with Crippen LogP contribution < -0.4 is 0 Å². The molecule has 1 aliphatic carbocycles. The number of halogens is 1. The van der Waals surface area contributed by atoms with Crippen molar-refractivity contribution in [3.63, 3.8) is 0 Å². The minimum atomic E-state index is 0.204. The quantitative estimate of drug-likeness (QED) is 0.450. The summed E-state index contributed by atoms with van der Waals surface area (Å²) in [6.45, 7) is 12.0. The Hall–Kier alpha value is -0.570. The normalized spacial score (nSPS) is 28.9. The van der Waals surface area contributed by atoms with E-state index in [9.17, 15) is 0 Å². The highest BCUT2D eigenvalue weighted by Gasteiger charge is 2.43.